The van der Waals surface area contributed by atoms with Gasteiger partial charge in [-0.15, -0.1) is 0 Å². The first-order valence-corrected chi connectivity index (χ1v) is 12.8. The van der Waals surface area contributed by atoms with E-state index in [9.17, 15) is 19.2 Å². The Morgan fingerprint density at radius 1 is 0.450 bits per heavy atom. The molecule has 7 nitrogen and oxygen atoms in total. The van der Waals surface area contributed by atoms with E-state index in [1.165, 1.54) is 18.2 Å². The van der Waals surface area contributed by atoms with Crippen molar-refractivity contribution in [3.05, 3.63) is 143 Å². The van der Waals surface area contributed by atoms with Gasteiger partial charge in [-0.2, -0.15) is 0 Å². The summed E-state index contributed by atoms with van der Waals surface area (Å²) >= 11 is 0. The first-order valence-electron chi connectivity index (χ1n) is 12.8. The lowest BCUT2D eigenvalue weighted by Crippen LogP contribution is -2.18. The van der Waals surface area contributed by atoms with Gasteiger partial charge in [-0.05, 0) is 35.7 Å². The second kappa shape index (κ2) is 14.2. The predicted molar refractivity (Wildman–Crippen MR) is 148 cm³/mol. The molecular weight excluding hydrogens is 508 g/mol. The van der Waals surface area contributed by atoms with Gasteiger partial charge in [0, 0.05) is 12.0 Å². The Kier molecular flexibility index (Phi) is 9.94. The Bertz CT molecular complexity index is 1350. The van der Waals surface area contributed by atoms with E-state index in [0.29, 0.717) is 6.42 Å². The Morgan fingerprint density at radius 2 is 0.850 bits per heavy atom. The highest BCUT2D eigenvalue weighted by Crippen LogP contribution is 2.16. The number of benzene rings is 4. The van der Waals surface area contributed by atoms with E-state index in [4.69, 9.17) is 14.2 Å². The standard InChI is InChI=1S/C33H28O7/c34-30(20-19-24-11-3-1-4-12-24)26-15-7-8-16-27(26)31(35)38-21-22-39-32(36)28-17-9-10-18-29(28)33(37)40-23-25-13-5-2-6-14-25/h1-18H,19-23H2. The van der Waals surface area contributed by atoms with Crippen molar-refractivity contribution in [1.82, 2.24) is 0 Å². The van der Waals surface area contributed by atoms with Crippen LogP contribution < -0.4 is 0 Å². The van der Waals surface area contributed by atoms with Crippen LogP contribution in [0, 0.1) is 0 Å². The van der Waals surface area contributed by atoms with E-state index >= 15 is 0 Å². The number of hydrogen-bond donors (Lipinski definition) is 0. The van der Waals surface area contributed by atoms with Crippen molar-refractivity contribution >= 4 is 23.7 Å². The highest BCUT2D eigenvalue weighted by Gasteiger charge is 2.20. The molecule has 0 amide bonds. The third kappa shape index (κ3) is 7.74. The van der Waals surface area contributed by atoms with Crippen LogP contribution >= 0.6 is 0 Å². The normalized spacial score (nSPS) is 10.4. The zero-order valence-electron chi connectivity index (χ0n) is 21.8. The van der Waals surface area contributed by atoms with Gasteiger partial charge in [-0.3, -0.25) is 4.79 Å². The van der Waals surface area contributed by atoms with Crippen LogP contribution in [0.4, 0.5) is 0 Å². The van der Waals surface area contributed by atoms with Crippen molar-refractivity contribution in [1.29, 1.82) is 0 Å². The summed E-state index contributed by atoms with van der Waals surface area (Å²) in [5.74, 6) is -2.26. The molecule has 0 spiro atoms. The van der Waals surface area contributed by atoms with Crippen LogP contribution in [-0.4, -0.2) is 36.9 Å². The van der Waals surface area contributed by atoms with E-state index in [0.717, 1.165) is 11.1 Å². The summed E-state index contributed by atoms with van der Waals surface area (Å²) in [5, 5.41) is 0. The van der Waals surface area contributed by atoms with Crippen LogP contribution in [-0.2, 0) is 27.2 Å². The van der Waals surface area contributed by atoms with E-state index in [1.54, 1.807) is 30.3 Å². The summed E-state index contributed by atoms with van der Waals surface area (Å²) in [5.41, 5.74) is 2.40. The van der Waals surface area contributed by atoms with Gasteiger partial charge in [0.2, 0.25) is 0 Å². The molecule has 40 heavy (non-hydrogen) atoms. The maximum absolute atomic E-state index is 12.8. The van der Waals surface area contributed by atoms with Crippen LogP contribution in [0.5, 0.6) is 0 Å². The molecule has 0 saturated carbocycles. The molecule has 202 valence electrons. The van der Waals surface area contributed by atoms with Gasteiger partial charge in [-0.25, -0.2) is 14.4 Å². The Balaban J connectivity index is 1.28. The predicted octanol–water partition coefficient (Wildman–Crippen LogP) is 5.87. The number of Topliss-reactive ketones (excluding diaryl/α,β-unsaturated/α-hetero) is 1. The monoisotopic (exact) mass is 536 g/mol. The fourth-order valence-electron chi connectivity index (χ4n) is 4.01. The number of hydrogen-bond acceptors (Lipinski definition) is 7. The molecular formula is C33H28O7. The van der Waals surface area contributed by atoms with Gasteiger partial charge in [-0.1, -0.05) is 91.0 Å². The number of esters is 3. The molecule has 7 heteroatoms. The van der Waals surface area contributed by atoms with Gasteiger partial charge in [0.25, 0.3) is 0 Å². The number of rotatable bonds is 12. The van der Waals surface area contributed by atoms with Gasteiger partial charge in [0.1, 0.15) is 19.8 Å². The molecule has 0 fully saturated rings. The first-order chi connectivity index (χ1) is 19.5. The summed E-state index contributed by atoms with van der Waals surface area (Å²) in [6.45, 7) is -0.394. The molecule has 4 rings (SSSR count). The average molecular weight is 537 g/mol. The van der Waals surface area contributed by atoms with Crippen molar-refractivity contribution < 1.29 is 33.4 Å². The summed E-state index contributed by atoms with van der Waals surface area (Å²) in [6, 6.07) is 31.5. The summed E-state index contributed by atoms with van der Waals surface area (Å²) in [4.78, 5) is 50.8. The van der Waals surface area contributed by atoms with Gasteiger partial charge >= 0.3 is 17.9 Å². The topological polar surface area (TPSA) is 96.0 Å². The number of carbonyl (C=O) groups is 4. The number of carbonyl (C=O) groups excluding carboxylic acids is 4. The lowest BCUT2D eigenvalue weighted by molar-refractivity contribution is 0.0261. The number of aryl methyl sites for hydroxylation is 1. The van der Waals surface area contributed by atoms with Crippen LogP contribution in [0.15, 0.2) is 109 Å². The second-order valence-corrected chi connectivity index (χ2v) is 8.83. The Labute approximate surface area is 232 Å². The first kappa shape index (κ1) is 28.0. The smallest absolute Gasteiger partial charge is 0.339 e. The van der Waals surface area contributed by atoms with E-state index in [2.05, 4.69) is 0 Å². The minimum absolute atomic E-state index is 0.0428. The second-order valence-electron chi connectivity index (χ2n) is 8.83. The molecule has 0 unspecified atom stereocenters. The molecule has 0 aromatic heterocycles. The lowest BCUT2D eigenvalue weighted by Gasteiger charge is -2.11. The number of ketones is 1. The third-order valence-electron chi connectivity index (χ3n) is 6.06. The van der Waals surface area contributed by atoms with Crippen molar-refractivity contribution in [2.24, 2.45) is 0 Å². The molecule has 0 radical (unpaired) electrons. The maximum Gasteiger partial charge on any atom is 0.339 e. The van der Waals surface area contributed by atoms with E-state index in [1.807, 2.05) is 60.7 Å². The van der Waals surface area contributed by atoms with E-state index in [-0.39, 0.29) is 54.3 Å². The zero-order chi connectivity index (χ0) is 28.2. The molecule has 0 bridgehead atoms. The van der Waals surface area contributed by atoms with Crippen molar-refractivity contribution in [2.75, 3.05) is 13.2 Å². The molecule has 0 aliphatic rings. The van der Waals surface area contributed by atoms with Crippen LogP contribution in [0.2, 0.25) is 0 Å². The lowest BCUT2D eigenvalue weighted by atomic mass is 9.98. The molecule has 0 aliphatic carbocycles. The van der Waals surface area contributed by atoms with Gasteiger partial charge in [0.05, 0.1) is 16.7 Å². The minimum Gasteiger partial charge on any atom is -0.458 e. The number of ether oxygens (including phenoxy) is 3. The van der Waals surface area contributed by atoms with E-state index < -0.39 is 17.9 Å². The summed E-state index contributed by atoms with van der Waals surface area (Å²) < 4.78 is 15.9. The molecule has 4 aromatic carbocycles. The molecule has 4 aromatic rings. The quantitative estimate of drug-likeness (QED) is 0.0967. The summed E-state index contributed by atoms with van der Waals surface area (Å²) in [7, 11) is 0. The Hall–Kier alpha value is -5.04. The largest absolute Gasteiger partial charge is 0.458 e. The molecule has 0 heterocycles. The van der Waals surface area contributed by atoms with Crippen LogP contribution in [0.1, 0.15) is 59.0 Å². The van der Waals surface area contributed by atoms with Crippen LogP contribution in [0.3, 0.4) is 0 Å². The highest BCUT2D eigenvalue weighted by molar-refractivity contribution is 6.06. The van der Waals surface area contributed by atoms with Crippen molar-refractivity contribution in [2.45, 2.75) is 19.4 Å². The molecule has 0 atom stereocenters. The zero-order valence-corrected chi connectivity index (χ0v) is 21.8. The van der Waals surface area contributed by atoms with Gasteiger partial charge < -0.3 is 14.2 Å². The van der Waals surface area contributed by atoms with Crippen molar-refractivity contribution in [3.8, 4) is 0 Å². The fraction of sp³-hybridized carbons (Fsp3) is 0.152. The molecule has 0 saturated heterocycles. The maximum atomic E-state index is 12.8. The third-order valence-corrected chi connectivity index (χ3v) is 6.06. The van der Waals surface area contributed by atoms with Crippen molar-refractivity contribution in [3.63, 3.8) is 0 Å². The molecule has 0 aliphatic heterocycles. The molecule has 0 N–H and O–H groups in total. The van der Waals surface area contributed by atoms with Gasteiger partial charge in [0.15, 0.2) is 5.78 Å². The summed E-state index contributed by atoms with van der Waals surface area (Å²) in [6.07, 6.45) is 0.805. The highest BCUT2D eigenvalue weighted by atomic mass is 16.6. The van der Waals surface area contributed by atoms with Crippen LogP contribution in [0.25, 0.3) is 0 Å². The minimum atomic E-state index is -0.750. The average Bonchev–Trinajstić information content (AvgIpc) is 3.01. The Morgan fingerprint density at radius 3 is 1.38 bits per heavy atom. The fourth-order valence-corrected chi connectivity index (χ4v) is 4.01. The SMILES string of the molecule is O=C(CCc1ccccc1)c1ccccc1C(=O)OCCOC(=O)c1ccccc1C(=O)OCc1ccccc1.